The minimum absolute atomic E-state index is 0.00844. The standard InChI is InChI=1S/C59H97NO4/c1-36(2)15-14-16-38(5)43-19-20-44-42-18-17-39-35-40(23-28-54(39,8)45(42)25-29-55(43,44)9)64-51(61)59-32-24-41(37(3)4)50(59)46-21-22-48-56(10)30-27-49(60-52(62)63-13)53(6,7)47(56)26-31-58(48,12)57(46,11)33-34-59/h17,36-38,40-50H,14-16,18-35H2,1-13H3,(H,60,62)/t38-,40+,41?,42+,43-,44+,45+,46-,47?,48-,49?,50?,54+,55-,56+,57-,58-,59+/m1/s1. The fraction of sp³-hybridized carbons (Fsp3) is 0.932. The summed E-state index contributed by atoms with van der Waals surface area (Å²) in [5.41, 5.74) is 2.81. The SMILES string of the molecule is COC(=O)NC1CC[C@@]2(C)C(CC[C@]3(C)[C@@H]2CC[C@@H]2C4C(C(C)C)CC[C@]4(C(=O)O[C@H]4CC[C@@]5(C)C(=CC[C@H]6[C@@H]7CC[C@H]([C@H](C)CCCC(C)C)[C@@]7(C)CC[C@@H]65)C4)CC[C@]23C)C1(C)C. The molecule has 0 bridgehead atoms. The molecular weight excluding hydrogens is 787 g/mol. The quantitative estimate of drug-likeness (QED) is 0.185. The first kappa shape index (κ1) is 47.5. The Kier molecular flexibility index (Phi) is 12.3. The van der Waals surface area contributed by atoms with Gasteiger partial charge in [0.1, 0.15) is 6.10 Å². The van der Waals surface area contributed by atoms with Crippen LogP contribution in [0.2, 0.25) is 0 Å². The van der Waals surface area contributed by atoms with Gasteiger partial charge in [0, 0.05) is 12.5 Å². The molecule has 0 saturated heterocycles. The van der Waals surface area contributed by atoms with Gasteiger partial charge in [-0.1, -0.05) is 114 Å². The van der Waals surface area contributed by atoms with Crippen molar-refractivity contribution < 1.29 is 19.1 Å². The lowest BCUT2D eigenvalue weighted by atomic mass is 9.32. The molecule has 0 aromatic rings. The summed E-state index contributed by atoms with van der Waals surface area (Å²) in [5.74, 6) is 8.68. The van der Waals surface area contributed by atoms with Crippen molar-refractivity contribution in [3.05, 3.63) is 11.6 Å². The average molecular weight is 884 g/mol. The van der Waals surface area contributed by atoms with E-state index in [1.165, 1.54) is 103 Å². The van der Waals surface area contributed by atoms with Crippen molar-refractivity contribution >= 4 is 12.1 Å². The summed E-state index contributed by atoms with van der Waals surface area (Å²) in [5, 5.41) is 3.27. The van der Waals surface area contributed by atoms with Crippen molar-refractivity contribution in [3.63, 3.8) is 0 Å². The number of rotatable bonds is 9. The van der Waals surface area contributed by atoms with Gasteiger partial charge >= 0.3 is 12.1 Å². The number of hydrogen-bond acceptors (Lipinski definition) is 4. The van der Waals surface area contributed by atoms with Crippen molar-refractivity contribution in [2.24, 2.45) is 109 Å². The first-order valence-electron chi connectivity index (χ1n) is 27.9. The predicted molar refractivity (Wildman–Crippen MR) is 261 cm³/mol. The molecule has 5 heteroatoms. The van der Waals surface area contributed by atoms with E-state index >= 15 is 4.79 Å². The van der Waals surface area contributed by atoms with E-state index in [2.05, 4.69) is 94.5 Å². The molecule has 0 heterocycles. The molecule has 0 aromatic carbocycles. The lowest BCUT2D eigenvalue weighted by molar-refractivity contribution is -0.243. The number of fused-ring (bicyclic) bond motifs is 12. The largest absolute Gasteiger partial charge is 0.462 e. The fourth-order valence-electron chi connectivity index (χ4n) is 21.2. The minimum Gasteiger partial charge on any atom is -0.462 e. The van der Waals surface area contributed by atoms with Gasteiger partial charge in [-0.3, -0.25) is 4.79 Å². The van der Waals surface area contributed by atoms with Crippen molar-refractivity contribution in [3.8, 4) is 0 Å². The van der Waals surface area contributed by atoms with E-state index in [-0.39, 0.29) is 56.7 Å². The predicted octanol–water partition coefficient (Wildman–Crippen LogP) is 15.4. The van der Waals surface area contributed by atoms with Crippen LogP contribution in [0.1, 0.15) is 218 Å². The Morgan fingerprint density at radius 2 is 1.44 bits per heavy atom. The van der Waals surface area contributed by atoms with Gasteiger partial charge in [-0.2, -0.15) is 0 Å². The number of esters is 1. The summed E-state index contributed by atoms with van der Waals surface area (Å²) in [4.78, 5) is 27.8. The highest BCUT2D eigenvalue weighted by molar-refractivity contribution is 5.78. The molecule has 9 rings (SSSR count). The van der Waals surface area contributed by atoms with Crippen molar-refractivity contribution in [2.75, 3.05) is 7.11 Å². The van der Waals surface area contributed by atoms with Gasteiger partial charge in [0.05, 0.1) is 12.5 Å². The average Bonchev–Trinajstić information content (AvgIpc) is 3.81. The molecule has 8 saturated carbocycles. The lowest BCUT2D eigenvalue weighted by Gasteiger charge is -2.73. The summed E-state index contributed by atoms with van der Waals surface area (Å²) in [6, 6.07) is 0.145. The maximum absolute atomic E-state index is 15.4. The van der Waals surface area contributed by atoms with E-state index < -0.39 is 0 Å². The zero-order valence-corrected chi connectivity index (χ0v) is 43.6. The monoisotopic (exact) mass is 884 g/mol. The topological polar surface area (TPSA) is 64.6 Å². The van der Waals surface area contributed by atoms with E-state index in [0.29, 0.717) is 40.9 Å². The second-order valence-electron chi connectivity index (χ2n) is 27.9. The van der Waals surface area contributed by atoms with Crippen LogP contribution in [0, 0.1) is 109 Å². The molecule has 1 amide bonds. The van der Waals surface area contributed by atoms with E-state index in [4.69, 9.17) is 9.47 Å². The molecule has 362 valence electrons. The molecule has 5 nitrogen and oxygen atoms in total. The summed E-state index contributed by atoms with van der Waals surface area (Å²) in [7, 11) is 1.49. The molecule has 9 aliphatic carbocycles. The molecule has 1 N–H and O–H groups in total. The van der Waals surface area contributed by atoms with E-state index in [1.807, 2.05) is 0 Å². The van der Waals surface area contributed by atoms with Crippen LogP contribution in [0.4, 0.5) is 4.79 Å². The highest BCUT2D eigenvalue weighted by atomic mass is 16.5. The molecule has 0 spiro atoms. The Labute approximate surface area is 392 Å². The van der Waals surface area contributed by atoms with Gasteiger partial charge < -0.3 is 14.8 Å². The summed E-state index contributed by atoms with van der Waals surface area (Å²) >= 11 is 0. The Bertz CT molecular complexity index is 1800. The molecule has 0 aromatic heterocycles. The Morgan fingerprint density at radius 1 is 0.703 bits per heavy atom. The lowest BCUT2D eigenvalue weighted by Crippen LogP contribution is -2.68. The second kappa shape index (κ2) is 16.6. The van der Waals surface area contributed by atoms with Gasteiger partial charge in [0.2, 0.25) is 0 Å². The van der Waals surface area contributed by atoms with Crippen molar-refractivity contribution in [1.29, 1.82) is 0 Å². The highest BCUT2D eigenvalue weighted by Gasteiger charge is 2.72. The summed E-state index contributed by atoms with van der Waals surface area (Å²) in [6.07, 6.45) is 28.4. The van der Waals surface area contributed by atoms with Crippen LogP contribution in [0.3, 0.4) is 0 Å². The van der Waals surface area contributed by atoms with Crippen LogP contribution in [0.25, 0.3) is 0 Å². The molecule has 4 unspecified atom stereocenters. The first-order valence-corrected chi connectivity index (χ1v) is 27.9. The van der Waals surface area contributed by atoms with Gasteiger partial charge in [-0.25, -0.2) is 4.79 Å². The van der Waals surface area contributed by atoms with Crippen LogP contribution in [0.15, 0.2) is 11.6 Å². The molecule has 0 aliphatic heterocycles. The third kappa shape index (κ3) is 6.95. The molecule has 18 atom stereocenters. The molecule has 8 fully saturated rings. The maximum Gasteiger partial charge on any atom is 0.407 e. The number of hydrogen-bond donors (Lipinski definition) is 1. The van der Waals surface area contributed by atoms with Crippen molar-refractivity contribution in [1.82, 2.24) is 5.32 Å². The zero-order chi connectivity index (χ0) is 46.0. The third-order valence-electron chi connectivity index (χ3n) is 24.8. The number of ether oxygens (including phenoxy) is 2. The molecular formula is C59H97NO4. The van der Waals surface area contributed by atoms with Crippen LogP contribution in [-0.4, -0.2) is 31.3 Å². The number of carbonyl (C=O) groups is 2. The van der Waals surface area contributed by atoms with Gasteiger partial charge in [-0.05, 0) is 213 Å². The molecule has 9 aliphatic rings. The highest BCUT2D eigenvalue weighted by Crippen LogP contribution is 2.78. The maximum atomic E-state index is 15.4. The minimum atomic E-state index is -0.325. The van der Waals surface area contributed by atoms with Crippen LogP contribution < -0.4 is 5.32 Å². The number of amides is 1. The Morgan fingerprint density at radius 3 is 2.16 bits per heavy atom. The van der Waals surface area contributed by atoms with Gasteiger partial charge in [0.25, 0.3) is 0 Å². The number of alkyl carbamates (subject to hydrolysis) is 1. The number of allylic oxidation sites excluding steroid dienone is 1. The molecule has 0 radical (unpaired) electrons. The third-order valence-corrected chi connectivity index (χ3v) is 24.8. The van der Waals surface area contributed by atoms with Crippen molar-refractivity contribution in [2.45, 2.75) is 230 Å². The van der Waals surface area contributed by atoms with E-state index in [0.717, 1.165) is 74.0 Å². The fourth-order valence-corrected chi connectivity index (χ4v) is 21.2. The number of methoxy groups -OCH3 is 1. The summed E-state index contributed by atoms with van der Waals surface area (Å²) in [6.45, 7) is 30.6. The summed E-state index contributed by atoms with van der Waals surface area (Å²) < 4.78 is 12.1. The smallest absolute Gasteiger partial charge is 0.407 e. The van der Waals surface area contributed by atoms with Crippen LogP contribution >= 0.6 is 0 Å². The normalized spacial score (nSPS) is 49.5. The molecule has 64 heavy (non-hydrogen) atoms. The van der Waals surface area contributed by atoms with Crippen LogP contribution in [0.5, 0.6) is 0 Å². The van der Waals surface area contributed by atoms with Gasteiger partial charge in [0.15, 0.2) is 0 Å². The van der Waals surface area contributed by atoms with Crippen LogP contribution in [-0.2, 0) is 14.3 Å². The van der Waals surface area contributed by atoms with E-state index in [1.54, 1.807) is 5.57 Å². The number of nitrogens with one attached hydrogen (secondary N) is 1. The number of carbonyl (C=O) groups excluding carboxylic acids is 2. The van der Waals surface area contributed by atoms with E-state index in [9.17, 15) is 4.79 Å². The van der Waals surface area contributed by atoms with Gasteiger partial charge in [-0.15, -0.1) is 0 Å². The zero-order valence-electron chi connectivity index (χ0n) is 43.6. The first-order chi connectivity index (χ1) is 30.1. The Hall–Kier alpha value is -1.52. The second-order valence-corrected chi connectivity index (χ2v) is 27.9. The Balaban J connectivity index is 0.904.